The third-order valence-electron chi connectivity index (χ3n) is 2.12. The Kier molecular flexibility index (Phi) is 2.88. The summed E-state index contributed by atoms with van der Waals surface area (Å²) in [6.07, 6.45) is 3.73. The van der Waals surface area contributed by atoms with Gasteiger partial charge in [-0.3, -0.25) is 4.79 Å². The topological polar surface area (TPSA) is 55.1 Å². The van der Waals surface area contributed by atoms with Gasteiger partial charge in [0.1, 0.15) is 0 Å². The SMILES string of the molecule is CCCC1CC1NCC(N)=O. The van der Waals surface area contributed by atoms with Crippen LogP contribution in [-0.4, -0.2) is 18.5 Å². The van der Waals surface area contributed by atoms with Crippen molar-refractivity contribution in [1.82, 2.24) is 5.32 Å². The van der Waals surface area contributed by atoms with Gasteiger partial charge >= 0.3 is 0 Å². The third-order valence-corrected chi connectivity index (χ3v) is 2.12. The molecule has 0 aromatic heterocycles. The molecule has 0 spiro atoms. The largest absolute Gasteiger partial charge is 0.369 e. The molecule has 11 heavy (non-hydrogen) atoms. The van der Waals surface area contributed by atoms with Crippen molar-refractivity contribution in [2.45, 2.75) is 32.2 Å². The number of nitrogens with one attached hydrogen (secondary N) is 1. The van der Waals surface area contributed by atoms with E-state index in [2.05, 4.69) is 12.2 Å². The third kappa shape index (κ3) is 2.89. The van der Waals surface area contributed by atoms with Crippen molar-refractivity contribution in [1.29, 1.82) is 0 Å². The van der Waals surface area contributed by atoms with Crippen LogP contribution in [-0.2, 0) is 4.79 Å². The quantitative estimate of drug-likeness (QED) is 0.599. The summed E-state index contributed by atoms with van der Waals surface area (Å²) in [5.41, 5.74) is 4.99. The lowest BCUT2D eigenvalue weighted by Gasteiger charge is -1.98. The summed E-state index contributed by atoms with van der Waals surface area (Å²) in [6.45, 7) is 2.52. The fourth-order valence-corrected chi connectivity index (χ4v) is 1.42. The van der Waals surface area contributed by atoms with Gasteiger partial charge in [-0.25, -0.2) is 0 Å². The summed E-state index contributed by atoms with van der Waals surface area (Å²) >= 11 is 0. The average molecular weight is 156 g/mol. The number of carbonyl (C=O) groups excluding carboxylic acids is 1. The highest BCUT2D eigenvalue weighted by Gasteiger charge is 2.35. The predicted octanol–water partition coefficient (Wildman–Crippen LogP) is 0.250. The lowest BCUT2D eigenvalue weighted by atomic mass is 10.2. The second-order valence-corrected chi connectivity index (χ2v) is 3.24. The number of carbonyl (C=O) groups is 1. The lowest BCUT2D eigenvalue weighted by Crippen LogP contribution is -2.30. The van der Waals surface area contributed by atoms with E-state index in [0.717, 1.165) is 5.92 Å². The van der Waals surface area contributed by atoms with Crippen LogP contribution in [0, 0.1) is 5.92 Å². The van der Waals surface area contributed by atoms with Crippen molar-refractivity contribution in [3.63, 3.8) is 0 Å². The average Bonchev–Trinajstić information content (AvgIpc) is 2.64. The van der Waals surface area contributed by atoms with Crippen LogP contribution in [0.25, 0.3) is 0 Å². The van der Waals surface area contributed by atoms with Crippen LogP contribution in [0.5, 0.6) is 0 Å². The highest BCUT2D eigenvalue weighted by molar-refractivity contribution is 5.75. The molecule has 1 rings (SSSR count). The first-order chi connectivity index (χ1) is 5.24. The predicted molar refractivity (Wildman–Crippen MR) is 44.0 cm³/mol. The molecular weight excluding hydrogens is 140 g/mol. The van der Waals surface area contributed by atoms with Crippen LogP contribution in [0.1, 0.15) is 26.2 Å². The van der Waals surface area contributed by atoms with Crippen LogP contribution in [0.3, 0.4) is 0 Å². The van der Waals surface area contributed by atoms with E-state index in [9.17, 15) is 4.79 Å². The molecule has 0 aliphatic heterocycles. The Balaban J connectivity index is 2.00. The second kappa shape index (κ2) is 3.72. The number of hydrogen-bond acceptors (Lipinski definition) is 2. The van der Waals surface area contributed by atoms with Crippen molar-refractivity contribution in [2.24, 2.45) is 11.7 Å². The van der Waals surface area contributed by atoms with E-state index in [1.54, 1.807) is 0 Å². The van der Waals surface area contributed by atoms with E-state index >= 15 is 0 Å². The normalized spacial score (nSPS) is 28.5. The van der Waals surface area contributed by atoms with E-state index in [1.165, 1.54) is 19.3 Å². The fraction of sp³-hybridized carbons (Fsp3) is 0.875. The number of nitrogens with two attached hydrogens (primary N) is 1. The monoisotopic (exact) mass is 156 g/mol. The van der Waals surface area contributed by atoms with E-state index in [4.69, 9.17) is 5.73 Å². The molecule has 1 saturated carbocycles. The van der Waals surface area contributed by atoms with E-state index in [-0.39, 0.29) is 5.91 Å². The minimum atomic E-state index is -0.257. The van der Waals surface area contributed by atoms with Gasteiger partial charge < -0.3 is 11.1 Å². The molecule has 1 amide bonds. The Bertz CT molecular complexity index is 147. The van der Waals surface area contributed by atoms with Gasteiger partial charge in [0.05, 0.1) is 6.54 Å². The van der Waals surface area contributed by atoms with Gasteiger partial charge in [-0.1, -0.05) is 13.3 Å². The van der Waals surface area contributed by atoms with Crippen LogP contribution in [0.2, 0.25) is 0 Å². The Labute approximate surface area is 67.3 Å². The summed E-state index contributed by atoms with van der Waals surface area (Å²) in [5.74, 6) is 0.548. The number of amides is 1. The summed E-state index contributed by atoms with van der Waals surface area (Å²) < 4.78 is 0. The highest BCUT2D eigenvalue weighted by atomic mass is 16.1. The first kappa shape index (κ1) is 8.53. The molecule has 64 valence electrons. The van der Waals surface area contributed by atoms with E-state index in [1.807, 2.05) is 0 Å². The molecular formula is C8H16N2O. The van der Waals surface area contributed by atoms with Crippen molar-refractivity contribution < 1.29 is 4.79 Å². The molecule has 0 aromatic rings. The van der Waals surface area contributed by atoms with Gasteiger partial charge in [0.2, 0.25) is 5.91 Å². The zero-order chi connectivity index (χ0) is 8.27. The molecule has 3 N–H and O–H groups in total. The number of rotatable bonds is 5. The number of hydrogen-bond donors (Lipinski definition) is 2. The Morgan fingerprint density at radius 2 is 2.45 bits per heavy atom. The molecule has 1 fully saturated rings. The summed E-state index contributed by atoms with van der Waals surface area (Å²) in [7, 11) is 0. The Morgan fingerprint density at radius 3 is 3.00 bits per heavy atom. The summed E-state index contributed by atoms with van der Waals surface area (Å²) in [4.78, 5) is 10.4. The maximum absolute atomic E-state index is 10.4. The van der Waals surface area contributed by atoms with Crippen molar-refractivity contribution in [3.05, 3.63) is 0 Å². The summed E-state index contributed by atoms with van der Waals surface area (Å²) in [5, 5.41) is 3.12. The van der Waals surface area contributed by atoms with E-state index in [0.29, 0.717) is 12.6 Å². The minimum absolute atomic E-state index is 0.257. The number of primary amides is 1. The molecule has 2 atom stereocenters. The van der Waals surface area contributed by atoms with Gasteiger partial charge in [-0.15, -0.1) is 0 Å². The molecule has 0 radical (unpaired) electrons. The maximum atomic E-state index is 10.4. The zero-order valence-corrected chi connectivity index (χ0v) is 6.97. The fourth-order valence-electron chi connectivity index (χ4n) is 1.42. The van der Waals surface area contributed by atoms with Gasteiger partial charge in [-0.2, -0.15) is 0 Å². The van der Waals surface area contributed by atoms with Crippen molar-refractivity contribution in [2.75, 3.05) is 6.54 Å². The molecule has 0 aromatic carbocycles. The van der Waals surface area contributed by atoms with E-state index < -0.39 is 0 Å². The van der Waals surface area contributed by atoms with Crippen molar-refractivity contribution >= 4 is 5.91 Å². The maximum Gasteiger partial charge on any atom is 0.231 e. The minimum Gasteiger partial charge on any atom is -0.369 e. The van der Waals surface area contributed by atoms with Crippen LogP contribution >= 0.6 is 0 Å². The molecule has 2 unspecified atom stereocenters. The Morgan fingerprint density at radius 1 is 1.73 bits per heavy atom. The standard InChI is InChI=1S/C8H16N2O/c1-2-3-6-4-7(6)10-5-8(9)11/h6-7,10H,2-5H2,1H3,(H2,9,11). The van der Waals surface area contributed by atoms with Gasteiger partial charge in [0.25, 0.3) is 0 Å². The van der Waals surface area contributed by atoms with Crippen molar-refractivity contribution in [3.8, 4) is 0 Å². The van der Waals surface area contributed by atoms with Crippen LogP contribution < -0.4 is 11.1 Å². The molecule has 0 bridgehead atoms. The van der Waals surface area contributed by atoms with Crippen LogP contribution in [0.15, 0.2) is 0 Å². The van der Waals surface area contributed by atoms with Gasteiger partial charge in [0, 0.05) is 6.04 Å². The molecule has 0 saturated heterocycles. The molecule has 1 aliphatic rings. The molecule has 3 heteroatoms. The molecule has 0 heterocycles. The first-order valence-electron chi connectivity index (χ1n) is 4.25. The second-order valence-electron chi connectivity index (χ2n) is 3.24. The summed E-state index contributed by atoms with van der Waals surface area (Å²) in [6, 6.07) is 0.572. The molecule has 1 aliphatic carbocycles. The smallest absolute Gasteiger partial charge is 0.231 e. The first-order valence-corrected chi connectivity index (χ1v) is 4.25. The lowest BCUT2D eigenvalue weighted by molar-refractivity contribution is -0.117. The van der Waals surface area contributed by atoms with Gasteiger partial charge in [-0.05, 0) is 18.8 Å². The van der Waals surface area contributed by atoms with Crippen LogP contribution in [0.4, 0.5) is 0 Å². The van der Waals surface area contributed by atoms with Gasteiger partial charge in [0.15, 0.2) is 0 Å². The zero-order valence-electron chi connectivity index (χ0n) is 6.97. The Hall–Kier alpha value is -0.570. The molecule has 3 nitrogen and oxygen atoms in total. The highest BCUT2D eigenvalue weighted by Crippen LogP contribution is 2.34.